The minimum Gasteiger partial charge on any atom is -0.446 e. The van der Waals surface area contributed by atoms with Gasteiger partial charge >= 0.3 is 6.09 Å². The number of anilines is 1. The standard InChI is InChI=1S/C41H54N4O4/c1-45(2,32-30-44-39(46)36-22-13-14-23-37(36)40(44)47)31-18-9-7-5-3-4-6-8-17-27-43-28-25-34(26-29-43)49-41(48)42-38-24-16-15-21-35(38)33-19-11-10-12-20-33/h10-16,19-24,34H,3-9,17-18,25-32H2,1-2H3/p+1. The van der Waals surface area contributed by atoms with Crippen LogP contribution in [0.15, 0.2) is 78.9 Å². The summed E-state index contributed by atoms with van der Waals surface area (Å²) in [5, 5.41) is 2.97. The zero-order chi connectivity index (χ0) is 34.5. The molecule has 1 saturated heterocycles. The van der Waals surface area contributed by atoms with Crippen LogP contribution in [0, 0.1) is 0 Å². The van der Waals surface area contributed by atoms with Gasteiger partial charge in [-0.3, -0.25) is 19.8 Å². The number of benzene rings is 3. The maximum atomic E-state index is 12.7. The summed E-state index contributed by atoms with van der Waals surface area (Å²) in [5.74, 6) is -0.313. The van der Waals surface area contributed by atoms with Crippen LogP contribution < -0.4 is 5.32 Å². The number of amides is 3. The lowest BCUT2D eigenvalue weighted by Gasteiger charge is -2.31. The van der Waals surface area contributed by atoms with E-state index in [0.29, 0.717) is 17.7 Å². The molecule has 3 aromatic rings. The second-order valence-electron chi connectivity index (χ2n) is 14.4. The first-order valence-electron chi connectivity index (χ1n) is 18.4. The number of piperidine rings is 1. The van der Waals surface area contributed by atoms with Gasteiger partial charge in [-0.05, 0) is 62.4 Å². The average Bonchev–Trinajstić information content (AvgIpc) is 3.35. The van der Waals surface area contributed by atoms with Crippen molar-refractivity contribution in [1.82, 2.24) is 9.80 Å². The Morgan fingerprint density at radius 3 is 1.84 bits per heavy atom. The predicted molar refractivity (Wildman–Crippen MR) is 197 cm³/mol. The SMILES string of the molecule is C[N+](C)(CCCCCCCCCCCN1CCC(OC(=O)Nc2ccccc2-c2ccccc2)CC1)CCN1C(=O)c2ccccc2C1=O. The van der Waals surface area contributed by atoms with Crippen molar-refractivity contribution >= 4 is 23.6 Å². The number of carbonyl (C=O) groups is 3. The van der Waals surface area contributed by atoms with Gasteiger partial charge in [-0.1, -0.05) is 99.2 Å². The molecule has 5 rings (SSSR count). The molecule has 8 heteroatoms. The van der Waals surface area contributed by atoms with Gasteiger partial charge in [0.05, 0.1) is 50.5 Å². The molecule has 49 heavy (non-hydrogen) atoms. The summed E-state index contributed by atoms with van der Waals surface area (Å²) >= 11 is 0. The second-order valence-corrected chi connectivity index (χ2v) is 14.4. The van der Waals surface area contributed by atoms with Gasteiger partial charge in [0.15, 0.2) is 0 Å². The van der Waals surface area contributed by atoms with E-state index in [1.807, 2.05) is 66.7 Å². The number of likely N-dealkylation sites (tertiary alicyclic amines) is 1. The van der Waals surface area contributed by atoms with Crippen LogP contribution in [0.2, 0.25) is 0 Å². The van der Waals surface area contributed by atoms with E-state index in [9.17, 15) is 14.4 Å². The molecule has 3 amide bonds. The monoisotopic (exact) mass is 667 g/mol. The van der Waals surface area contributed by atoms with Crippen molar-refractivity contribution in [2.24, 2.45) is 0 Å². The Kier molecular flexibility index (Phi) is 13.4. The van der Waals surface area contributed by atoms with Crippen LogP contribution in [0.1, 0.15) is 91.3 Å². The summed E-state index contributed by atoms with van der Waals surface area (Å²) in [6.45, 7) is 5.40. The highest BCUT2D eigenvalue weighted by Crippen LogP contribution is 2.28. The van der Waals surface area contributed by atoms with Crippen molar-refractivity contribution in [3.8, 4) is 11.1 Å². The molecule has 0 atom stereocenters. The number of quaternary nitrogens is 1. The lowest BCUT2D eigenvalue weighted by atomic mass is 10.0. The predicted octanol–water partition coefficient (Wildman–Crippen LogP) is 8.25. The van der Waals surface area contributed by atoms with Gasteiger partial charge in [0.25, 0.3) is 11.8 Å². The zero-order valence-electron chi connectivity index (χ0n) is 29.6. The number of fused-ring (bicyclic) bond motifs is 1. The molecule has 2 heterocycles. The maximum absolute atomic E-state index is 12.7. The van der Waals surface area contributed by atoms with Crippen LogP contribution in [0.25, 0.3) is 11.1 Å². The molecule has 2 aliphatic rings. The Morgan fingerprint density at radius 1 is 0.673 bits per heavy atom. The van der Waals surface area contributed by atoms with Crippen LogP contribution in [0.4, 0.5) is 10.5 Å². The number of nitrogens with one attached hydrogen (secondary N) is 1. The number of imide groups is 1. The number of hydrogen-bond acceptors (Lipinski definition) is 5. The van der Waals surface area contributed by atoms with Crippen molar-refractivity contribution < 1.29 is 23.6 Å². The number of likely N-dealkylation sites (N-methyl/N-ethyl adjacent to an activating group) is 1. The molecule has 1 fully saturated rings. The van der Waals surface area contributed by atoms with Crippen LogP contribution >= 0.6 is 0 Å². The Balaban J connectivity index is 0.846. The average molecular weight is 668 g/mol. The highest BCUT2D eigenvalue weighted by molar-refractivity contribution is 6.21. The van der Waals surface area contributed by atoms with Gasteiger partial charge in [-0.2, -0.15) is 0 Å². The fraction of sp³-hybridized carbons (Fsp3) is 0.488. The summed E-state index contributed by atoms with van der Waals surface area (Å²) in [6, 6.07) is 25.0. The third kappa shape index (κ3) is 10.7. The third-order valence-corrected chi connectivity index (χ3v) is 10.1. The van der Waals surface area contributed by atoms with E-state index in [0.717, 1.165) is 66.9 Å². The Morgan fingerprint density at radius 2 is 1.20 bits per heavy atom. The van der Waals surface area contributed by atoms with E-state index in [-0.39, 0.29) is 24.0 Å². The normalized spacial score (nSPS) is 15.4. The van der Waals surface area contributed by atoms with Crippen molar-refractivity contribution in [1.29, 1.82) is 0 Å². The van der Waals surface area contributed by atoms with Gasteiger partial charge < -0.3 is 14.1 Å². The molecule has 0 spiro atoms. The molecular formula is C41H55N4O4+. The van der Waals surface area contributed by atoms with Gasteiger partial charge in [0.2, 0.25) is 0 Å². The molecular weight excluding hydrogens is 612 g/mol. The number of ether oxygens (including phenoxy) is 1. The highest BCUT2D eigenvalue weighted by Gasteiger charge is 2.36. The minimum absolute atomic E-state index is 0.0325. The zero-order valence-corrected chi connectivity index (χ0v) is 29.6. The number of rotatable bonds is 18. The smallest absolute Gasteiger partial charge is 0.411 e. The number of carbonyl (C=O) groups excluding carboxylic acids is 3. The Bertz CT molecular complexity index is 1480. The largest absolute Gasteiger partial charge is 0.446 e. The molecule has 0 aromatic heterocycles. The molecule has 1 N–H and O–H groups in total. The highest BCUT2D eigenvalue weighted by atomic mass is 16.6. The summed E-state index contributed by atoms with van der Waals surface area (Å²) in [4.78, 5) is 41.9. The van der Waals surface area contributed by atoms with Gasteiger partial charge in [0, 0.05) is 18.7 Å². The Labute approximate surface area is 293 Å². The molecule has 3 aromatic carbocycles. The van der Waals surface area contributed by atoms with E-state index < -0.39 is 0 Å². The van der Waals surface area contributed by atoms with E-state index in [4.69, 9.17) is 4.74 Å². The molecule has 0 aliphatic carbocycles. The molecule has 8 nitrogen and oxygen atoms in total. The molecule has 0 unspecified atom stereocenters. The van der Waals surface area contributed by atoms with Crippen molar-refractivity contribution in [3.63, 3.8) is 0 Å². The fourth-order valence-electron chi connectivity index (χ4n) is 7.04. The van der Waals surface area contributed by atoms with E-state index >= 15 is 0 Å². The number of nitrogens with zero attached hydrogens (tertiary/aromatic N) is 3. The second kappa shape index (κ2) is 18.1. The van der Waals surface area contributed by atoms with E-state index in [1.54, 1.807) is 12.1 Å². The first-order valence-corrected chi connectivity index (χ1v) is 18.4. The van der Waals surface area contributed by atoms with Crippen molar-refractivity contribution in [3.05, 3.63) is 90.0 Å². The first kappa shape index (κ1) is 36.3. The summed E-state index contributed by atoms with van der Waals surface area (Å²) < 4.78 is 6.62. The minimum atomic E-state index is -0.373. The molecule has 2 aliphatic heterocycles. The van der Waals surface area contributed by atoms with Crippen LogP contribution in [0.3, 0.4) is 0 Å². The van der Waals surface area contributed by atoms with Crippen LogP contribution in [0.5, 0.6) is 0 Å². The molecule has 0 saturated carbocycles. The van der Waals surface area contributed by atoms with Crippen molar-refractivity contribution in [2.45, 2.75) is 76.7 Å². The Hall–Kier alpha value is -4.01. The van der Waals surface area contributed by atoms with E-state index in [1.165, 1.54) is 62.7 Å². The molecule has 0 bridgehead atoms. The third-order valence-electron chi connectivity index (χ3n) is 10.1. The molecule has 262 valence electrons. The quantitative estimate of drug-likeness (QED) is 0.0840. The lowest BCUT2D eigenvalue weighted by molar-refractivity contribution is -0.889. The van der Waals surface area contributed by atoms with Gasteiger partial charge in [-0.15, -0.1) is 0 Å². The number of unbranched alkanes of at least 4 members (excludes halogenated alkanes) is 8. The topological polar surface area (TPSA) is 79.0 Å². The van der Waals surface area contributed by atoms with Crippen LogP contribution in [-0.4, -0.2) is 91.7 Å². The number of hydrogen-bond donors (Lipinski definition) is 1. The lowest BCUT2D eigenvalue weighted by Crippen LogP contribution is -2.47. The van der Waals surface area contributed by atoms with Crippen molar-refractivity contribution in [2.75, 3.05) is 58.7 Å². The summed E-state index contributed by atoms with van der Waals surface area (Å²) in [7, 11) is 4.39. The van der Waals surface area contributed by atoms with Gasteiger partial charge in [-0.25, -0.2) is 4.79 Å². The fourth-order valence-corrected chi connectivity index (χ4v) is 7.04. The van der Waals surface area contributed by atoms with Gasteiger partial charge in [0.1, 0.15) is 6.10 Å². The summed E-state index contributed by atoms with van der Waals surface area (Å²) in [5.41, 5.74) is 3.89. The van der Waals surface area contributed by atoms with Crippen LogP contribution in [-0.2, 0) is 4.74 Å². The molecule has 0 radical (unpaired) electrons. The number of para-hydroxylation sites is 1. The van der Waals surface area contributed by atoms with E-state index in [2.05, 4.69) is 24.3 Å². The maximum Gasteiger partial charge on any atom is 0.411 e. The first-order chi connectivity index (χ1) is 23.8. The summed E-state index contributed by atoms with van der Waals surface area (Å²) in [6.07, 6.45) is 12.7.